The van der Waals surface area contributed by atoms with Crippen molar-refractivity contribution in [3.05, 3.63) is 68.7 Å². The molecule has 3 rings (SSSR count). The van der Waals surface area contributed by atoms with E-state index in [1.807, 2.05) is 0 Å². The zero-order valence-electron chi connectivity index (χ0n) is 14.5. The van der Waals surface area contributed by atoms with Crippen molar-refractivity contribution in [3.8, 4) is 0 Å². The Balaban J connectivity index is 1.51. The van der Waals surface area contributed by atoms with Crippen LogP contribution in [-0.4, -0.2) is 40.8 Å². The lowest BCUT2D eigenvalue weighted by atomic mass is 10.1. The summed E-state index contributed by atoms with van der Waals surface area (Å²) < 4.78 is 0. The van der Waals surface area contributed by atoms with Gasteiger partial charge in [-0.2, -0.15) is 0 Å². The second-order valence-electron chi connectivity index (χ2n) is 5.99. The molecule has 1 aliphatic heterocycles. The minimum absolute atomic E-state index is 0.0193. The SMILES string of the molecule is O=C(NCCCN1C(=O)c2ccc([N+](=O)[O-])cc2C1=O)Nc1cccc(Cl)c1. The molecule has 10 heteroatoms. The van der Waals surface area contributed by atoms with Crippen LogP contribution in [0.15, 0.2) is 42.5 Å². The number of nitro groups is 1. The van der Waals surface area contributed by atoms with Crippen molar-refractivity contribution in [2.24, 2.45) is 0 Å². The maximum Gasteiger partial charge on any atom is 0.319 e. The molecule has 4 amide bonds. The molecular formula is C18H15ClN4O5. The third-order valence-electron chi connectivity index (χ3n) is 4.09. The van der Waals surface area contributed by atoms with Gasteiger partial charge in [0, 0.05) is 35.9 Å². The van der Waals surface area contributed by atoms with Gasteiger partial charge in [-0.15, -0.1) is 0 Å². The summed E-state index contributed by atoms with van der Waals surface area (Å²) in [5, 5.41) is 16.6. The molecule has 0 unspecified atom stereocenters. The van der Waals surface area contributed by atoms with E-state index in [0.29, 0.717) is 17.1 Å². The molecule has 0 saturated carbocycles. The second-order valence-corrected chi connectivity index (χ2v) is 6.43. The number of carbonyl (C=O) groups is 3. The molecule has 0 atom stereocenters. The second kappa shape index (κ2) is 8.05. The Morgan fingerprint density at radius 1 is 1.11 bits per heavy atom. The molecule has 144 valence electrons. The van der Waals surface area contributed by atoms with E-state index in [2.05, 4.69) is 10.6 Å². The van der Waals surface area contributed by atoms with Crippen molar-refractivity contribution in [1.82, 2.24) is 10.2 Å². The average molecular weight is 403 g/mol. The first-order valence-corrected chi connectivity index (χ1v) is 8.69. The van der Waals surface area contributed by atoms with Gasteiger partial charge in [0.15, 0.2) is 0 Å². The Hall–Kier alpha value is -3.46. The molecule has 0 spiro atoms. The highest BCUT2D eigenvalue weighted by molar-refractivity contribution is 6.30. The van der Waals surface area contributed by atoms with E-state index in [1.54, 1.807) is 24.3 Å². The molecule has 0 bridgehead atoms. The van der Waals surface area contributed by atoms with Crippen molar-refractivity contribution in [2.45, 2.75) is 6.42 Å². The van der Waals surface area contributed by atoms with Gasteiger partial charge in [-0.25, -0.2) is 4.79 Å². The first-order valence-electron chi connectivity index (χ1n) is 8.32. The standard InChI is InChI=1S/C18H15ClN4O5/c19-11-3-1-4-12(9-11)21-18(26)20-7-2-8-22-16(24)14-6-5-13(23(27)28)10-15(14)17(22)25/h1,3-6,9-10H,2,7-8H2,(H2,20,21,26). The van der Waals surface area contributed by atoms with E-state index in [-0.39, 0.29) is 29.9 Å². The molecule has 2 aromatic carbocycles. The third kappa shape index (κ3) is 4.09. The van der Waals surface area contributed by atoms with Gasteiger partial charge in [0.2, 0.25) is 0 Å². The van der Waals surface area contributed by atoms with E-state index < -0.39 is 22.8 Å². The minimum Gasteiger partial charge on any atom is -0.338 e. The number of nitro benzene ring substituents is 1. The molecule has 0 aromatic heterocycles. The fraction of sp³-hybridized carbons (Fsp3) is 0.167. The first-order chi connectivity index (χ1) is 13.4. The summed E-state index contributed by atoms with van der Waals surface area (Å²) in [6, 6.07) is 9.79. The highest BCUT2D eigenvalue weighted by atomic mass is 35.5. The number of hydrogen-bond donors (Lipinski definition) is 2. The number of carbonyl (C=O) groups excluding carboxylic acids is 3. The molecule has 0 aliphatic carbocycles. The number of amides is 4. The number of urea groups is 1. The predicted octanol–water partition coefficient (Wildman–Crippen LogP) is 3.06. The Labute approximate surface area is 164 Å². The van der Waals surface area contributed by atoms with Crippen LogP contribution in [0.1, 0.15) is 27.1 Å². The topological polar surface area (TPSA) is 122 Å². The quantitative estimate of drug-likeness (QED) is 0.333. The van der Waals surface area contributed by atoms with Crippen LogP contribution in [0.25, 0.3) is 0 Å². The number of anilines is 1. The molecule has 0 fully saturated rings. The van der Waals surface area contributed by atoms with Crippen LogP contribution in [-0.2, 0) is 0 Å². The van der Waals surface area contributed by atoms with E-state index in [1.165, 1.54) is 12.1 Å². The van der Waals surface area contributed by atoms with Crippen molar-refractivity contribution in [2.75, 3.05) is 18.4 Å². The van der Waals surface area contributed by atoms with Crippen LogP contribution in [0, 0.1) is 10.1 Å². The maximum atomic E-state index is 12.4. The number of nitrogens with one attached hydrogen (secondary N) is 2. The molecule has 0 saturated heterocycles. The first kappa shape index (κ1) is 19.3. The molecule has 28 heavy (non-hydrogen) atoms. The smallest absolute Gasteiger partial charge is 0.319 e. The van der Waals surface area contributed by atoms with Gasteiger partial charge in [0.1, 0.15) is 0 Å². The van der Waals surface area contributed by atoms with Gasteiger partial charge in [-0.3, -0.25) is 24.6 Å². The molecule has 9 nitrogen and oxygen atoms in total. The fourth-order valence-electron chi connectivity index (χ4n) is 2.78. The molecular weight excluding hydrogens is 388 g/mol. The minimum atomic E-state index is -0.622. The van der Waals surface area contributed by atoms with Gasteiger partial charge in [-0.05, 0) is 30.7 Å². The third-order valence-corrected chi connectivity index (χ3v) is 4.33. The van der Waals surface area contributed by atoms with E-state index >= 15 is 0 Å². The predicted molar refractivity (Wildman–Crippen MR) is 102 cm³/mol. The van der Waals surface area contributed by atoms with Gasteiger partial charge in [-0.1, -0.05) is 17.7 Å². The molecule has 1 aliphatic rings. The summed E-state index contributed by atoms with van der Waals surface area (Å²) in [5.41, 5.74) is 0.446. The van der Waals surface area contributed by atoms with Crippen LogP contribution in [0.3, 0.4) is 0 Å². The normalized spacial score (nSPS) is 12.7. The summed E-state index contributed by atoms with van der Waals surface area (Å²) in [6.07, 6.45) is 0.330. The fourth-order valence-corrected chi connectivity index (χ4v) is 2.97. The van der Waals surface area contributed by atoms with Crippen molar-refractivity contribution >= 4 is 40.8 Å². The molecule has 2 aromatic rings. The lowest BCUT2D eigenvalue weighted by molar-refractivity contribution is -0.384. The Bertz CT molecular complexity index is 978. The summed E-state index contributed by atoms with van der Waals surface area (Å²) in [5.74, 6) is -1.08. The van der Waals surface area contributed by atoms with Crippen LogP contribution in [0.2, 0.25) is 5.02 Å². The average Bonchev–Trinajstić information content (AvgIpc) is 2.89. The Morgan fingerprint density at radius 2 is 1.86 bits per heavy atom. The summed E-state index contributed by atoms with van der Waals surface area (Å²) in [7, 11) is 0. The number of imide groups is 1. The number of rotatable bonds is 6. The zero-order valence-corrected chi connectivity index (χ0v) is 15.2. The highest BCUT2D eigenvalue weighted by Gasteiger charge is 2.36. The molecule has 2 N–H and O–H groups in total. The Kier molecular flexibility index (Phi) is 5.55. The molecule has 0 radical (unpaired) electrons. The van der Waals surface area contributed by atoms with Crippen LogP contribution < -0.4 is 10.6 Å². The van der Waals surface area contributed by atoms with Gasteiger partial charge >= 0.3 is 6.03 Å². The van der Waals surface area contributed by atoms with E-state index in [9.17, 15) is 24.5 Å². The number of nitrogens with zero attached hydrogens (tertiary/aromatic N) is 2. The zero-order chi connectivity index (χ0) is 20.3. The van der Waals surface area contributed by atoms with Gasteiger partial charge in [0.25, 0.3) is 17.5 Å². The maximum absolute atomic E-state index is 12.4. The number of benzene rings is 2. The number of halogens is 1. The Morgan fingerprint density at radius 3 is 2.57 bits per heavy atom. The summed E-state index contributed by atoms with van der Waals surface area (Å²) >= 11 is 5.84. The van der Waals surface area contributed by atoms with Crippen LogP contribution in [0.5, 0.6) is 0 Å². The van der Waals surface area contributed by atoms with Crippen LogP contribution >= 0.6 is 11.6 Å². The summed E-state index contributed by atoms with van der Waals surface area (Å²) in [4.78, 5) is 47.8. The van der Waals surface area contributed by atoms with Crippen molar-refractivity contribution in [3.63, 3.8) is 0 Å². The van der Waals surface area contributed by atoms with E-state index in [4.69, 9.17) is 11.6 Å². The van der Waals surface area contributed by atoms with Crippen LogP contribution in [0.4, 0.5) is 16.2 Å². The largest absolute Gasteiger partial charge is 0.338 e. The number of non-ortho nitro benzene ring substituents is 1. The van der Waals surface area contributed by atoms with Gasteiger partial charge in [0.05, 0.1) is 16.1 Å². The summed E-state index contributed by atoms with van der Waals surface area (Å²) in [6.45, 7) is 0.303. The lowest BCUT2D eigenvalue weighted by Crippen LogP contribution is -2.35. The number of fused-ring (bicyclic) bond motifs is 1. The molecule has 1 heterocycles. The van der Waals surface area contributed by atoms with Gasteiger partial charge < -0.3 is 10.6 Å². The highest BCUT2D eigenvalue weighted by Crippen LogP contribution is 2.26. The number of hydrogen-bond acceptors (Lipinski definition) is 5. The van der Waals surface area contributed by atoms with E-state index in [0.717, 1.165) is 11.0 Å². The monoisotopic (exact) mass is 402 g/mol. The van der Waals surface area contributed by atoms with Crippen molar-refractivity contribution < 1.29 is 19.3 Å². The van der Waals surface area contributed by atoms with Crippen molar-refractivity contribution in [1.29, 1.82) is 0 Å². The lowest BCUT2D eigenvalue weighted by Gasteiger charge is -2.14.